The lowest BCUT2D eigenvalue weighted by molar-refractivity contribution is 0.306. The Kier molecular flexibility index (Phi) is 3.55. The summed E-state index contributed by atoms with van der Waals surface area (Å²) in [6.45, 7) is 2.60. The molecule has 1 N–H and O–H groups in total. The van der Waals surface area contributed by atoms with E-state index in [-0.39, 0.29) is 5.75 Å². The monoisotopic (exact) mass is 184 g/mol. The van der Waals surface area contributed by atoms with Crippen molar-refractivity contribution < 1.29 is 14.2 Å². The van der Waals surface area contributed by atoms with E-state index in [1.165, 1.54) is 12.1 Å². The van der Waals surface area contributed by atoms with Crippen molar-refractivity contribution in [1.29, 1.82) is 0 Å². The molecule has 0 saturated carbocycles. The van der Waals surface area contributed by atoms with Crippen LogP contribution in [0.1, 0.15) is 19.8 Å². The van der Waals surface area contributed by atoms with E-state index in [9.17, 15) is 4.39 Å². The Morgan fingerprint density at radius 1 is 1.38 bits per heavy atom. The van der Waals surface area contributed by atoms with Crippen LogP contribution in [-0.2, 0) is 0 Å². The summed E-state index contributed by atoms with van der Waals surface area (Å²) >= 11 is 0. The SMILES string of the molecule is CCCCOc1cc(O)cc(F)c1. The molecule has 13 heavy (non-hydrogen) atoms. The first-order chi connectivity index (χ1) is 6.22. The number of aromatic hydroxyl groups is 1. The standard InChI is InChI=1S/C10H13FO2/c1-2-3-4-13-10-6-8(11)5-9(12)7-10/h5-7,12H,2-4H2,1H3. The van der Waals surface area contributed by atoms with Crippen molar-refractivity contribution in [2.45, 2.75) is 19.8 Å². The first-order valence-corrected chi connectivity index (χ1v) is 4.34. The quantitative estimate of drug-likeness (QED) is 0.729. The molecule has 0 spiro atoms. The van der Waals surface area contributed by atoms with Gasteiger partial charge in [0.05, 0.1) is 6.61 Å². The Labute approximate surface area is 77.0 Å². The van der Waals surface area contributed by atoms with Gasteiger partial charge in [-0.15, -0.1) is 0 Å². The van der Waals surface area contributed by atoms with E-state index in [1.807, 2.05) is 6.92 Å². The minimum absolute atomic E-state index is 0.105. The summed E-state index contributed by atoms with van der Waals surface area (Å²) in [5.41, 5.74) is 0. The van der Waals surface area contributed by atoms with E-state index in [1.54, 1.807) is 0 Å². The van der Waals surface area contributed by atoms with Crippen LogP contribution in [0.4, 0.5) is 4.39 Å². The van der Waals surface area contributed by atoms with Crippen molar-refractivity contribution in [3.63, 3.8) is 0 Å². The van der Waals surface area contributed by atoms with E-state index in [4.69, 9.17) is 9.84 Å². The lowest BCUT2D eigenvalue weighted by atomic mass is 10.3. The molecule has 0 aliphatic carbocycles. The number of hydrogen-bond donors (Lipinski definition) is 1. The topological polar surface area (TPSA) is 29.5 Å². The van der Waals surface area contributed by atoms with Crippen molar-refractivity contribution in [2.75, 3.05) is 6.61 Å². The number of phenolic OH excluding ortho intramolecular Hbond substituents is 1. The van der Waals surface area contributed by atoms with Crippen LogP contribution < -0.4 is 4.74 Å². The summed E-state index contributed by atoms with van der Waals surface area (Å²) in [5, 5.41) is 9.03. The van der Waals surface area contributed by atoms with Crippen molar-refractivity contribution in [1.82, 2.24) is 0 Å². The number of ether oxygens (including phenoxy) is 1. The molecule has 0 fully saturated rings. The van der Waals surface area contributed by atoms with Crippen LogP contribution in [0.15, 0.2) is 18.2 Å². The fourth-order valence-corrected chi connectivity index (χ4v) is 0.966. The van der Waals surface area contributed by atoms with Gasteiger partial charge in [0.25, 0.3) is 0 Å². The Bertz CT molecular complexity index is 253. The molecule has 2 nitrogen and oxygen atoms in total. The second-order valence-electron chi connectivity index (χ2n) is 2.85. The van der Waals surface area contributed by atoms with Gasteiger partial charge in [0.2, 0.25) is 0 Å². The number of phenols is 1. The first-order valence-electron chi connectivity index (χ1n) is 4.34. The fourth-order valence-electron chi connectivity index (χ4n) is 0.966. The Balaban J connectivity index is 2.56. The molecule has 0 amide bonds. The molecule has 0 heterocycles. The van der Waals surface area contributed by atoms with Crippen molar-refractivity contribution in [3.05, 3.63) is 24.0 Å². The number of benzene rings is 1. The third-order valence-electron chi connectivity index (χ3n) is 1.62. The second kappa shape index (κ2) is 4.70. The van der Waals surface area contributed by atoms with Gasteiger partial charge in [-0.05, 0) is 6.42 Å². The van der Waals surface area contributed by atoms with Gasteiger partial charge >= 0.3 is 0 Å². The minimum atomic E-state index is -0.480. The molecule has 1 rings (SSSR count). The molecule has 0 aliphatic heterocycles. The average Bonchev–Trinajstić information content (AvgIpc) is 2.03. The lowest BCUT2D eigenvalue weighted by Gasteiger charge is -2.05. The Hall–Kier alpha value is -1.25. The molecule has 0 unspecified atom stereocenters. The molecular formula is C10H13FO2. The number of halogens is 1. The van der Waals surface area contributed by atoms with Gasteiger partial charge in [-0.3, -0.25) is 0 Å². The summed E-state index contributed by atoms with van der Waals surface area (Å²) in [4.78, 5) is 0. The van der Waals surface area contributed by atoms with E-state index < -0.39 is 5.82 Å². The summed E-state index contributed by atoms with van der Waals surface area (Å²) in [5.74, 6) is -0.205. The smallest absolute Gasteiger partial charge is 0.130 e. The molecule has 0 bridgehead atoms. The summed E-state index contributed by atoms with van der Waals surface area (Å²) in [6, 6.07) is 3.71. The Morgan fingerprint density at radius 3 is 2.77 bits per heavy atom. The predicted molar refractivity (Wildman–Crippen MR) is 48.5 cm³/mol. The van der Waals surface area contributed by atoms with Crippen LogP contribution in [0.5, 0.6) is 11.5 Å². The van der Waals surface area contributed by atoms with Crippen molar-refractivity contribution >= 4 is 0 Å². The van der Waals surface area contributed by atoms with Gasteiger partial charge < -0.3 is 9.84 Å². The number of rotatable bonds is 4. The summed E-state index contributed by atoms with van der Waals surface area (Å²) in [6.07, 6.45) is 1.96. The van der Waals surface area contributed by atoms with E-state index >= 15 is 0 Å². The molecule has 0 aromatic heterocycles. The molecule has 0 atom stereocenters. The average molecular weight is 184 g/mol. The molecule has 72 valence electrons. The van der Waals surface area contributed by atoms with Crippen molar-refractivity contribution in [3.8, 4) is 11.5 Å². The van der Waals surface area contributed by atoms with E-state index in [0.29, 0.717) is 12.4 Å². The number of hydrogen-bond acceptors (Lipinski definition) is 2. The highest BCUT2D eigenvalue weighted by molar-refractivity contribution is 5.32. The molecule has 0 radical (unpaired) electrons. The number of unbranched alkanes of at least 4 members (excludes halogenated alkanes) is 1. The predicted octanol–water partition coefficient (Wildman–Crippen LogP) is 2.71. The van der Waals surface area contributed by atoms with E-state index in [2.05, 4.69) is 0 Å². The zero-order valence-corrected chi connectivity index (χ0v) is 7.59. The highest BCUT2D eigenvalue weighted by Gasteiger charge is 1.99. The van der Waals surface area contributed by atoms with Gasteiger partial charge in [-0.1, -0.05) is 13.3 Å². The third kappa shape index (κ3) is 3.32. The van der Waals surface area contributed by atoms with Gasteiger partial charge in [-0.25, -0.2) is 4.39 Å². The molecule has 0 aliphatic rings. The Morgan fingerprint density at radius 2 is 2.15 bits per heavy atom. The normalized spacial score (nSPS) is 10.0. The lowest BCUT2D eigenvalue weighted by Crippen LogP contribution is -1.96. The third-order valence-corrected chi connectivity index (χ3v) is 1.62. The van der Waals surface area contributed by atoms with Crippen LogP contribution in [0.3, 0.4) is 0 Å². The molecule has 1 aromatic carbocycles. The van der Waals surface area contributed by atoms with Crippen LogP contribution in [0, 0.1) is 5.82 Å². The van der Waals surface area contributed by atoms with Gasteiger partial charge in [0.1, 0.15) is 17.3 Å². The highest BCUT2D eigenvalue weighted by atomic mass is 19.1. The first kappa shape index (κ1) is 9.84. The van der Waals surface area contributed by atoms with Crippen LogP contribution in [-0.4, -0.2) is 11.7 Å². The molecular weight excluding hydrogens is 171 g/mol. The van der Waals surface area contributed by atoms with Gasteiger partial charge in [-0.2, -0.15) is 0 Å². The maximum atomic E-state index is 12.7. The molecule has 1 aromatic rings. The maximum absolute atomic E-state index is 12.7. The van der Waals surface area contributed by atoms with Gasteiger partial charge in [0.15, 0.2) is 0 Å². The molecule has 0 saturated heterocycles. The van der Waals surface area contributed by atoms with E-state index in [0.717, 1.165) is 18.9 Å². The zero-order valence-electron chi connectivity index (χ0n) is 7.59. The van der Waals surface area contributed by atoms with Crippen LogP contribution in [0.2, 0.25) is 0 Å². The summed E-state index contributed by atoms with van der Waals surface area (Å²) < 4.78 is 17.9. The minimum Gasteiger partial charge on any atom is -0.508 e. The van der Waals surface area contributed by atoms with Crippen LogP contribution in [0.25, 0.3) is 0 Å². The summed E-state index contributed by atoms with van der Waals surface area (Å²) in [7, 11) is 0. The fraction of sp³-hybridized carbons (Fsp3) is 0.400. The van der Waals surface area contributed by atoms with Crippen molar-refractivity contribution in [2.24, 2.45) is 0 Å². The molecule has 3 heteroatoms. The zero-order chi connectivity index (χ0) is 9.68. The van der Waals surface area contributed by atoms with Crippen LogP contribution >= 0.6 is 0 Å². The maximum Gasteiger partial charge on any atom is 0.130 e. The van der Waals surface area contributed by atoms with Gasteiger partial charge in [0, 0.05) is 18.2 Å². The highest BCUT2D eigenvalue weighted by Crippen LogP contribution is 2.20. The second-order valence-corrected chi connectivity index (χ2v) is 2.85. The largest absolute Gasteiger partial charge is 0.508 e.